The molecule has 0 saturated carbocycles. The van der Waals surface area contributed by atoms with Crippen LogP contribution in [0.2, 0.25) is 0 Å². The minimum absolute atomic E-state index is 0.0316. The van der Waals surface area contributed by atoms with Crippen molar-refractivity contribution in [2.45, 2.75) is 25.7 Å². The lowest BCUT2D eigenvalue weighted by Crippen LogP contribution is -2.29. The minimum Gasteiger partial charge on any atom is -0.325 e. The summed E-state index contributed by atoms with van der Waals surface area (Å²) in [6.45, 7) is 1.95. The zero-order valence-electron chi connectivity index (χ0n) is 15.5. The van der Waals surface area contributed by atoms with Crippen LogP contribution in [0.1, 0.15) is 49.9 Å². The van der Waals surface area contributed by atoms with Crippen molar-refractivity contribution in [2.75, 3.05) is 5.32 Å². The van der Waals surface area contributed by atoms with Gasteiger partial charge in [-0.25, -0.2) is 0 Å². The summed E-state index contributed by atoms with van der Waals surface area (Å²) in [5.41, 5.74) is 3.24. The van der Waals surface area contributed by atoms with Gasteiger partial charge in [-0.3, -0.25) is 14.4 Å². The number of rotatable bonds is 3. The number of H-pyrrole nitrogens is 1. The summed E-state index contributed by atoms with van der Waals surface area (Å²) in [5, 5.41) is 2.71. The lowest BCUT2D eigenvalue weighted by Gasteiger charge is -2.24. The van der Waals surface area contributed by atoms with Crippen LogP contribution in [0.3, 0.4) is 0 Å². The number of pyridine rings is 1. The molecule has 1 amide bonds. The number of carbonyl (C=O) groups is 2. The van der Waals surface area contributed by atoms with Gasteiger partial charge in [-0.05, 0) is 43.0 Å². The Balaban J connectivity index is 1.62. The maximum Gasteiger partial charge on any atom is 0.261 e. The van der Waals surface area contributed by atoms with Crippen molar-refractivity contribution in [3.63, 3.8) is 0 Å². The number of nitrogens with one attached hydrogen (secondary N) is 2. The van der Waals surface area contributed by atoms with E-state index in [2.05, 4.69) is 10.3 Å². The Labute approximate surface area is 162 Å². The fourth-order valence-corrected chi connectivity index (χ4v) is 3.60. The summed E-state index contributed by atoms with van der Waals surface area (Å²) in [4.78, 5) is 40.5. The number of benzene rings is 2. The van der Waals surface area contributed by atoms with E-state index in [0.717, 1.165) is 11.1 Å². The van der Waals surface area contributed by atoms with E-state index < -0.39 is 11.5 Å². The Hall–Kier alpha value is -3.47. The third kappa shape index (κ3) is 3.51. The number of hydrogen-bond donors (Lipinski definition) is 2. The van der Waals surface area contributed by atoms with E-state index in [4.69, 9.17) is 0 Å². The zero-order chi connectivity index (χ0) is 19.7. The fraction of sp³-hybridized carbons (Fsp3) is 0.174. The van der Waals surface area contributed by atoms with Crippen molar-refractivity contribution in [3.8, 4) is 0 Å². The minimum atomic E-state index is -0.522. The lowest BCUT2D eigenvalue weighted by molar-refractivity contribution is 0.0963. The molecule has 0 saturated heterocycles. The van der Waals surface area contributed by atoms with Gasteiger partial charge in [-0.2, -0.15) is 0 Å². The van der Waals surface area contributed by atoms with Crippen LogP contribution in [0.15, 0.2) is 65.5 Å². The van der Waals surface area contributed by atoms with Crippen LogP contribution in [0, 0.1) is 6.92 Å². The molecular formula is C23H20N2O3. The Morgan fingerprint density at radius 2 is 1.71 bits per heavy atom. The highest BCUT2D eigenvalue weighted by Crippen LogP contribution is 2.31. The third-order valence-corrected chi connectivity index (χ3v) is 5.13. The Kier molecular flexibility index (Phi) is 4.65. The summed E-state index contributed by atoms with van der Waals surface area (Å²) < 4.78 is 0. The van der Waals surface area contributed by atoms with Crippen LogP contribution in [0.25, 0.3) is 0 Å². The molecule has 0 radical (unpaired) electrons. The average Bonchev–Trinajstić information content (AvgIpc) is 2.69. The molecule has 1 aliphatic carbocycles. The van der Waals surface area contributed by atoms with Gasteiger partial charge < -0.3 is 10.3 Å². The van der Waals surface area contributed by atoms with E-state index in [9.17, 15) is 14.4 Å². The number of anilines is 1. The first-order valence-corrected chi connectivity index (χ1v) is 9.23. The highest BCUT2D eigenvalue weighted by atomic mass is 16.2. The molecule has 1 aromatic heterocycles. The molecule has 4 rings (SSSR count). The molecule has 1 atom stereocenters. The average molecular weight is 372 g/mol. The molecule has 0 aliphatic heterocycles. The number of fused-ring (bicyclic) bond motifs is 1. The Morgan fingerprint density at radius 1 is 1.00 bits per heavy atom. The summed E-state index contributed by atoms with van der Waals surface area (Å²) >= 11 is 0. The van der Waals surface area contributed by atoms with Gasteiger partial charge >= 0.3 is 0 Å². The number of Topliss-reactive ketones (excluding diaryl/α,β-unsaturated/α-hetero) is 1. The monoisotopic (exact) mass is 372 g/mol. The molecule has 3 aromatic rings. The van der Waals surface area contributed by atoms with E-state index in [-0.39, 0.29) is 17.3 Å². The maximum atomic E-state index is 12.7. The van der Waals surface area contributed by atoms with Crippen molar-refractivity contribution in [3.05, 3.63) is 99.0 Å². The van der Waals surface area contributed by atoms with Crippen LogP contribution in [0.4, 0.5) is 5.69 Å². The van der Waals surface area contributed by atoms with Crippen molar-refractivity contribution in [1.82, 2.24) is 4.98 Å². The summed E-state index contributed by atoms with van der Waals surface area (Å²) in [6, 6.07) is 18.5. The summed E-state index contributed by atoms with van der Waals surface area (Å²) in [7, 11) is 0. The van der Waals surface area contributed by atoms with Gasteiger partial charge in [0, 0.05) is 23.4 Å². The van der Waals surface area contributed by atoms with Crippen molar-refractivity contribution in [2.24, 2.45) is 0 Å². The molecule has 2 N–H and O–H groups in total. The van der Waals surface area contributed by atoms with E-state index in [1.165, 1.54) is 6.07 Å². The molecule has 140 valence electrons. The Morgan fingerprint density at radius 3 is 2.43 bits per heavy atom. The predicted octanol–water partition coefficient (Wildman–Crippen LogP) is 3.85. The van der Waals surface area contributed by atoms with Crippen molar-refractivity contribution < 1.29 is 9.59 Å². The van der Waals surface area contributed by atoms with Crippen LogP contribution >= 0.6 is 0 Å². The quantitative estimate of drug-likeness (QED) is 0.733. The van der Waals surface area contributed by atoms with Crippen molar-refractivity contribution >= 4 is 17.4 Å². The molecular weight excluding hydrogens is 352 g/mol. The standard InChI is InChI=1S/C23H20N2O3/c1-14-7-9-17(10-8-14)24-22(27)19-13-18-20(25-23(19)28)11-16(12-21(18)26)15-5-3-2-4-6-15/h2-10,13,16H,11-12H2,1H3,(H,24,27)(H,25,28)/t16-/m1/s1. The second kappa shape index (κ2) is 7.27. The van der Waals surface area contributed by atoms with Gasteiger partial charge in [0.15, 0.2) is 5.78 Å². The molecule has 1 aliphatic rings. The number of amides is 1. The van der Waals surface area contributed by atoms with Gasteiger partial charge in [0.1, 0.15) is 5.56 Å². The topological polar surface area (TPSA) is 79.0 Å². The van der Waals surface area contributed by atoms with Crippen molar-refractivity contribution in [1.29, 1.82) is 0 Å². The molecule has 5 nitrogen and oxygen atoms in total. The molecule has 0 unspecified atom stereocenters. The van der Waals surface area contributed by atoms with Gasteiger partial charge in [0.25, 0.3) is 11.5 Å². The van der Waals surface area contributed by atoms with E-state index in [0.29, 0.717) is 29.8 Å². The SMILES string of the molecule is Cc1ccc(NC(=O)c2cc3c([nH]c2=O)C[C@@H](c2ccccc2)CC3=O)cc1. The summed E-state index contributed by atoms with van der Waals surface area (Å²) in [6.07, 6.45) is 0.933. The molecule has 0 bridgehead atoms. The van der Waals surface area contributed by atoms with E-state index >= 15 is 0 Å². The predicted molar refractivity (Wildman–Crippen MR) is 108 cm³/mol. The van der Waals surface area contributed by atoms with E-state index in [1.807, 2.05) is 49.4 Å². The highest BCUT2D eigenvalue weighted by Gasteiger charge is 2.28. The molecule has 5 heteroatoms. The third-order valence-electron chi connectivity index (χ3n) is 5.13. The zero-order valence-corrected chi connectivity index (χ0v) is 15.5. The van der Waals surface area contributed by atoms with Gasteiger partial charge in [-0.15, -0.1) is 0 Å². The largest absolute Gasteiger partial charge is 0.325 e. The molecule has 0 fully saturated rings. The first-order chi connectivity index (χ1) is 13.5. The molecule has 28 heavy (non-hydrogen) atoms. The normalized spacial score (nSPS) is 15.8. The molecule has 1 heterocycles. The molecule has 0 spiro atoms. The lowest BCUT2D eigenvalue weighted by atomic mass is 9.81. The number of hydrogen-bond acceptors (Lipinski definition) is 3. The number of carbonyl (C=O) groups excluding carboxylic acids is 2. The first kappa shape index (κ1) is 17.9. The van der Waals surface area contributed by atoms with Crippen LogP contribution < -0.4 is 10.9 Å². The van der Waals surface area contributed by atoms with Crippen LogP contribution in [0.5, 0.6) is 0 Å². The number of aromatic nitrogens is 1. The summed E-state index contributed by atoms with van der Waals surface area (Å²) in [5.74, 6) is -0.550. The van der Waals surface area contributed by atoms with Gasteiger partial charge in [0.05, 0.1) is 0 Å². The maximum absolute atomic E-state index is 12.7. The van der Waals surface area contributed by atoms with Crippen LogP contribution in [-0.2, 0) is 6.42 Å². The smallest absolute Gasteiger partial charge is 0.261 e. The number of ketones is 1. The number of aryl methyl sites for hydroxylation is 1. The second-order valence-corrected chi connectivity index (χ2v) is 7.16. The highest BCUT2D eigenvalue weighted by molar-refractivity contribution is 6.06. The molecule has 2 aromatic carbocycles. The van der Waals surface area contributed by atoms with Crippen LogP contribution in [-0.4, -0.2) is 16.7 Å². The Bertz CT molecular complexity index is 1100. The first-order valence-electron chi connectivity index (χ1n) is 9.23. The van der Waals surface area contributed by atoms with E-state index in [1.54, 1.807) is 12.1 Å². The van der Waals surface area contributed by atoms with Gasteiger partial charge in [0.2, 0.25) is 0 Å². The fourth-order valence-electron chi connectivity index (χ4n) is 3.60. The second-order valence-electron chi connectivity index (χ2n) is 7.16. The number of aromatic amines is 1. The van der Waals surface area contributed by atoms with Gasteiger partial charge in [-0.1, -0.05) is 48.0 Å².